The van der Waals surface area contributed by atoms with Crippen molar-refractivity contribution in [2.75, 3.05) is 12.5 Å². The standard InChI is InChI=1S/C34H34N8O4S4/c1-47-29-15-19(11-13-25(29)33(49(39,43)44)17-27(41-37)31(35)21-7-3-5-9-23(21)33)20-12-14-26(30(16-20)48-2)34(50(40,45)46)18-28(42-38)32(36)22-8-4-6-10-24(22)34/h3-16,37-38H,17-18,35-36H2,1-2H3,(H2,39,43,44)(H2,40,45,46)/b41-37+,42-38+. The minimum atomic E-state index is -4.40. The van der Waals surface area contributed by atoms with Gasteiger partial charge in [-0.2, -0.15) is 10.2 Å². The number of hydrogen-bond donors (Lipinski definition) is 6. The van der Waals surface area contributed by atoms with E-state index in [2.05, 4.69) is 21.3 Å². The number of benzene rings is 4. The highest BCUT2D eigenvalue weighted by Gasteiger charge is 2.52. The zero-order valence-corrected chi connectivity index (χ0v) is 30.1. The number of fused-ring (bicyclic) bond motifs is 2. The molecule has 16 heteroatoms. The summed E-state index contributed by atoms with van der Waals surface area (Å²) in [5, 5.41) is 19.9. The topological polar surface area (TPSA) is 245 Å². The van der Waals surface area contributed by atoms with Crippen molar-refractivity contribution in [1.29, 1.82) is 11.0 Å². The first kappa shape index (κ1) is 32.9. The van der Waals surface area contributed by atoms with Gasteiger partial charge in [0.05, 0.1) is 22.8 Å². The Morgan fingerprint density at radius 2 is 1.02 bits per heavy atom. The molecule has 0 bridgehead atoms. The monoisotopic (exact) mass is 746 g/mol. The Morgan fingerprint density at radius 3 is 1.36 bits per heavy atom. The average Bonchev–Trinajstić information content (AvgIpc) is 3.13. The molecular weight excluding hydrogens is 713 g/mol. The van der Waals surface area contributed by atoms with E-state index in [0.29, 0.717) is 54.3 Å². The summed E-state index contributed by atoms with van der Waals surface area (Å²) in [6, 6.07) is 24.3. The Morgan fingerprint density at radius 1 is 0.640 bits per heavy atom. The first-order valence-electron chi connectivity index (χ1n) is 15.9. The van der Waals surface area contributed by atoms with Crippen LogP contribution in [-0.4, -0.2) is 29.3 Å². The number of nitrogens with zero attached hydrogens (tertiary/aromatic N) is 2. The molecule has 0 saturated carbocycles. The Kier molecular flexibility index (Phi) is 8.40. The van der Waals surface area contributed by atoms with Gasteiger partial charge in [0, 0.05) is 33.8 Å². The third kappa shape index (κ3) is 5.20. The van der Waals surface area contributed by atoms with Crippen molar-refractivity contribution >= 4 is 55.0 Å². The van der Waals surface area contributed by atoms with E-state index in [0.717, 1.165) is 0 Å². The lowest BCUT2D eigenvalue weighted by atomic mass is 9.78. The van der Waals surface area contributed by atoms with Crippen molar-refractivity contribution in [3.8, 4) is 11.1 Å². The van der Waals surface area contributed by atoms with Gasteiger partial charge in [0.2, 0.25) is 22.9 Å². The van der Waals surface area contributed by atoms with E-state index in [1.807, 2.05) is 24.6 Å². The van der Waals surface area contributed by atoms with Crippen LogP contribution in [0.3, 0.4) is 0 Å². The van der Waals surface area contributed by atoms with Gasteiger partial charge in [-0.3, -0.25) is 0 Å². The van der Waals surface area contributed by atoms with Crippen LogP contribution in [0.1, 0.15) is 46.2 Å². The van der Waals surface area contributed by atoms with E-state index in [1.165, 1.54) is 23.5 Å². The molecule has 12 nitrogen and oxygen atoms in total. The fraction of sp³-hybridized carbons (Fsp3) is 0.176. The van der Waals surface area contributed by atoms with Crippen LogP contribution in [0.4, 0.5) is 0 Å². The molecule has 2 aliphatic carbocycles. The van der Waals surface area contributed by atoms with Crippen molar-refractivity contribution in [2.45, 2.75) is 32.1 Å². The molecule has 0 heterocycles. The zero-order chi connectivity index (χ0) is 37.6. The number of rotatable bonds is 9. The normalized spacial score (nSPS) is 21.7. The number of thioether (sulfide) groups is 2. The van der Waals surface area contributed by atoms with Crippen LogP contribution in [0.5, 0.6) is 0 Å². The Hall–Kier alpha value is -4.32. The van der Waals surface area contributed by atoms with Crippen LogP contribution >= 0.6 is 23.5 Å². The third-order valence-electron chi connectivity index (χ3n) is 9.58. The van der Waals surface area contributed by atoms with E-state index in [-0.39, 0.29) is 35.6 Å². The summed E-state index contributed by atoms with van der Waals surface area (Å²) in [5.41, 5.74) is 23.6. The minimum Gasteiger partial charge on any atom is -0.397 e. The first-order valence-corrected chi connectivity index (χ1v) is 20.5. The van der Waals surface area contributed by atoms with Crippen molar-refractivity contribution in [2.24, 2.45) is 32.0 Å². The summed E-state index contributed by atoms with van der Waals surface area (Å²) < 4.78 is 66.3. The highest BCUT2D eigenvalue weighted by molar-refractivity contribution is 7.99. The molecule has 6 rings (SSSR count). The number of allylic oxidation sites excluding steroid dienone is 2. The Bertz CT molecular complexity index is 2300. The van der Waals surface area contributed by atoms with Crippen molar-refractivity contribution in [3.63, 3.8) is 0 Å². The van der Waals surface area contributed by atoms with E-state index in [4.69, 9.17) is 24.6 Å². The number of primary sulfonamides is 2. The molecule has 258 valence electrons. The maximum atomic E-state index is 13.8. The van der Waals surface area contributed by atoms with Gasteiger partial charge in [-0.25, -0.2) is 38.2 Å². The lowest BCUT2D eigenvalue weighted by molar-refractivity contribution is 0.541. The van der Waals surface area contributed by atoms with Gasteiger partial charge in [0.15, 0.2) is 0 Å². The molecule has 50 heavy (non-hydrogen) atoms. The summed E-state index contributed by atoms with van der Waals surface area (Å²) >= 11 is 2.65. The SMILES string of the molecule is [H]/N=N/C1=C(N)c2ccccc2C(c2ccc(-c3ccc(C4(S(N)(=O)=O)CC(/N=N/[H])=C(N)c5ccccc54)c(SC)c3)cc2SC)(S(N)(=O)=O)C1. The summed E-state index contributed by atoms with van der Waals surface area (Å²) in [6.07, 6.45) is 3.15. The second-order valence-corrected chi connectivity index (χ2v) is 17.2. The predicted octanol–water partition coefficient (Wildman–Crippen LogP) is 5.99. The zero-order valence-electron chi connectivity index (χ0n) is 28.9. The van der Waals surface area contributed by atoms with E-state index in [1.54, 1.807) is 72.8 Å². The number of hydrogen-bond acceptors (Lipinski definition) is 12. The fourth-order valence-electron chi connectivity index (χ4n) is 7.19. The summed E-state index contributed by atoms with van der Waals surface area (Å²) in [7, 11) is -8.80. The molecule has 4 aromatic rings. The fourth-order valence-corrected chi connectivity index (χ4v) is 11.3. The summed E-state index contributed by atoms with van der Waals surface area (Å²) in [4.78, 5) is 1.21. The van der Waals surface area contributed by atoms with Crippen LogP contribution < -0.4 is 21.7 Å². The van der Waals surface area contributed by atoms with Crippen molar-refractivity contribution in [3.05, 3.63) is 130 Å². The highest BCUT2D eigenvalue weighted by Crippen LogP contribution is 2.53. The van der Waals surface area contributed by atoms with Gasteiger partial charge in [-0.15, -0.1) is 23.5 Å². The second-order valence-electron chi connectivity index (χ2n) is 11.9. The minimum absolute atomic E-state index is 0.121. The van der Waals surface area contributed by atoms with Crippen molar-refractivity contribution < 1.29 is 19.7 Å². The lowest BCUT2D eigenvalue weighted by Crippen LogP contribution is -2.45. The van der Waals surface area contributed by atoms with E-state index < -0.39 is 29.5 Å². The van der Waals surface area contributed by atoms with Gasteiger partial charge in [-0.05, 0) is 58.0 Å². The first-order chi connectivity index (χ1) is 24.7. The number of nitrogens with one attached hydrogen (secondary N) is 2. The van der Waals surface area contributed by atoms with Crippen LogP contribution in [0.15, 0.2) is 116 Å². The largest absolute Gasteiger partial charge is 0.397 e. The van der Waals surface area contributed by atoms with Crippen LogP contribution in [0.25, 0.3) is 22.5 Å². The molecule has 0 fully saturated rings. The molecule has 0 saturated heterocycles. The molecule has 0 amide bonds. The molecule has 4 aromatic carbocycles. The van der Waals surface area contributed by atoms with Crippen LogP contribution in [0, 0.1) is 11.0 Å². The quantitative estimate of drug-likeness (QED) is 0.0876. The Balaban J connectivity index is 1.55. The molecule has 0 aromatic heterocycles. The molecule has 2 unspecified atom stereocenters. The maximum Gasteiger partial charge on any atom is 0.223 e. The lowest BCUT2D eigenvalue weighted by Gasteiger charge is -2.39. The maximum absolute atomic E-state index is 13.8. The third-order valence-corrected chi connectivity index (χ3v) is 14.2. The molecular formula is C34H34N8O4S4. The van der Waals surface area contributed by atoms with Crippen LogP contribution in [0.2, 0.25) is 2.82 Å². The molecule has 2 aliphatic rings. The number of sulfonamides is 2. The van der Waals surface area contributed by atoms with Gasteiger partial charge in [-0.1, -0.05) is 72.8 Å². The van der Waals surface area contributed by atoms with E-state index in [9.17, 15) is 16.8 Å². The summed E-state index contributed by atoms with van der Waals surface area (Å²) in [6.45, 7) is 0. The molecule has 0 aliphatic heterocycles. The predicted molar refractivity (Wildman–Crippen MR) is 198 cm³/mol. The smallest absolute Gasteiger partial charge is 0.223 e. The number of nitrogens with two attached hydrogens (primary N) is 4. The van der Waals surface area contributed by atoms with Crippen LogP contribution in [-0.2, 0) is 29.5 Å². The average molecular weight is 747 g/mol. The molecule has 10 N–H and O–H groups in total. The van der Waals surface area contributed by atoms with Crippen molar-refractivity contribution in [1.82, 2.24) is 0 Å². The summed E-state index contributed by atoms with van der Waals surface area (Å²) in [5.74, 6) is 0. The van der Waals surface area contributed by atoms with Gasteiger partial charge >= 0.3 is 0 Å². The van der Waals surface area contributed by atoms with Gasteiger partial charge in [0.25, 0.3) is 0 Å². The highest BCUT2D eigenvalue weighted by atomic mass is 32.2. The van der Waals surface area contributed by atoms with Gasteiger partial charge in [0.1, 0.15) is 9.49 Å². The molecule has 2 atom stereocenters. The molecule has 0 spiro atoms. The molecule has 0 radical (unpaired) electrons. The Labute approximate surface area is 301 Å². The van der Waals surface area contributed by atoms with Gasteiger partial charge < -0.3 is 11.5 Å². The van der Waals surface area contributed by atoms with E-state index >= 15 is 0 Å². The second kappa shape index (κ2) is 12.8.